The molecule has 0 aromatic carbocycles. The van der Waals surface area contributed by atoms with Gasteiger partial charge in [0.25, 0.3) is 0 Å². The Labute approximate surface area is 59.6 Å². The van der Waals surface area contributed by atoms with Crippen molar-refractivity contribution in [2.75, 3.05) is 5.73 Å². The van der Waals surface area contributed by atoms with Crippen molar-refractivity contribution < 1.29 is 5.48 Å². The van der Waals surface area contributed by atoms with Crippen LogP contribution < -0.4 is 5.73 Å². The summed E-state index contributed by atoms with van der Waals surface area (Å²) >= 11 is 0. The molecule has 4 N–H and O–H groups in total. The fourth-order valence-electron chi connectivity index (χ4n) is 0.376. The molecular formula is C5H9ClN2O. The molecular weight excluding hydrogens is 140 g/mol. The predicted molar refractivity (Wildman–Crippen MR) is 39.5 cm³/mol. The molecule has 0 atom stereocenters. The van der Waals surface area contributed by atoms with Gasteiger partial charge in [0.15, 0.2) is 0 Å². The molecule has 0 aliphatic carbocycles. The Morgan fingerprint density at radius 3 is 2.22 bits per heavy atom. The molecule has 0 fully saturated rings. The highest BCUT2D eigenvalue weighted by molar-refractivity contribution is 5.85. The lowest BCUT2D eigenvalue weighted by atomic mass is 10.5. The lowest BCUT2D eigenvalue weighted by molar-refractivity contribution is 0.824. The highest BCUT2D eigenvalue weighted by Gasteiger charge is 1.73. The molecule has 3 nitrogen and oxygen atoms in total. The summed E-state index contributed by atoms with van der Waals surface area (Å²) in [5, 5.41) is 0. The van der Waals surface area contributed by atoms with E-state index in [1.165, 1.54) is 0 Å². The number of hydrogen-bond acceptors (Lipinski definition) is 2. The van der Waals surface area contributed by atoms with E-state index in [1.807, 2.05) is 12.1 Å². The van der Waals surface area contributed by atoms with Crippen LogP contribution in [-0.2, 0) is 0 Å². The molecule has 0 saturated heterocycles. The minimum absolute atomic E-state index is 0. The second-order valence-electron chi connectivity index (χ2n) is 1.25. The highest BCUT2D eigenvalue weighted by atomic mass is 35.5. The molecule has 0 radical (unpaired) electrons. The molecule has 4 heteroatoms. The van der Waals surface area contributed by atoms with Crippen LogP contribution in [0.1, 0.15) is 0 Å². The Hall–Kier alpha value is -0.800. The maximum Gasteiger partial charge on any atom is 0.123 e. The van der Waals surface area contributed by atoms with Crippen molar-refractivity contribution >= 4 is 18.2 Å². The number of pyridine rings is 1. The van der Waals surface area contributed by atoms with Gasteiger partial charge in [-0.05, 0) is 12.1 Å². The molecule has 0 bridgehead atoms. The number of rotatable bonds is 0. The summed E-state index contributed by atoms with van der Waals surface area (Å²) in [5.74, 6) is 0.572. The fourth-order valence-corrected chi connectivity index (χ4v) is 0.376. The number of anilines is 1. The molecule has 1 aromatic heterocycles. The number of halogens is 1. The van der Waals surface area contributed by atoms with Crippen molar-refractivity contribution in [3.8, 4) is 0 Å². The van der Waals surface area contributed by atoms with Gasteiger partial charge in [-0.1, -0.05) is 6.07 Å². The third-order valence-electron chi connectivity index (χ3n) is 0.688. The normalized spacial score (nSPS) is 6.67. The molecule has 0 aliphatic heterocycles. The summed E-state index contributed by atoms with van der Waals surface area (Å²) in [6.07, 6.45) is 1.66. The van der Waals surface area contributed by atoms with Gasteiger partial charge in [0.05, 0.1) is 0 Å². The van der Waals surface area contributed by atoms with E-state index in [4.69, 9.17) is 5.73 Å². The average Bonchev–Trinajstić information content (AvgIpc) is 1.69. The minimum atomic E-state index is 0. The van der Waals surface area contributed by atoms with E-state index in [0.29, 0.717) is 5.82 Å². The SMILES string of the molecule is Cl.Nc1ccccn1.O. The Balaban J connectivity index is 0. The van der Waals surface area contributed by atoms with Crippen molar-refractivity contribution in [2.45, 2.75) is 0 Å². The quantitative estimate of drug-likeness (QED) is 0.574. The number of hydrogen-bond donors (Lipinski definition) is 1. The number of aromatic nitrogens is 1. The molecule has 0 amide bonds. The zero-order valence-corrected chi connectivity index (χ0v) is 5.56. The molecule has 0 saturated carbocycles. The lowest BCUT2D eigenvalue weighted by Crippen LogP contribution is -1.85. The smallest absolute Gasteiger partial charge is 0.123 e. The van der Waals surface area contributed by atoms with E-state index >= 15 is 0 Å². The Morgan fingerprint density at radius 2 is 2.00 bits per heavy atom. The number of nitrogens with zero attached hydrogens (tertiary/aromatic N) is 1. The van der Waals surface area contributed by atoms with E-state index < -0.39 is 0 Å². The van der Waals surface area contributed by atoms with Crippen LogP contribution in [0.25, 0.3) is 0 Å². The first-order valence-electron chi connectivity index (χ1n) is 2.06. The predicted octanol–water partition coefficient (Wildman–Crippen LogP) is 0.261. The molecule has 1 heterocycles. The zero-order valence-electron chi connectivity index (χ0n) is 4.74. The maximum absolute atomic E-state index is 5.25. The van der Waals surface area contributed by atoms with Crippen molar-refractivity contribution in [1.82, 2.24) is 4.98 Å². The summed E-state index contributed by atoms with van der Waals surface area (Å²) in [5.41, 5.74) is 5.25. The first-order chi connectivity index (χ1) is 3.39. The zero-order chi connectivity index (χ0) is 5.11. The van der Waals surface area contributed by atoms with Gasteiger partial charge in [-0.25, -0.2) is 4.98 Å². The van der Waals surface area contributed by atoms with E-state index in [0.717, 1.165) is 0 Å². The summed E-state index contributed by atoms with van der Waals surface area (Å²) in [6, 6.07) is 5.43. The maximum atomic E-state index is 5.25. The Bertz CT molecular complexity index is 145. The number of nitrogens with two attached hydrogens (primary N) is 1. The lowest BCUT2D eigenvalue weighted by Gasteiger charge is -1.82. The summed E-state index contributed by atoms with van der Waals surface area (Å²) in [6.45, 7) is 0. The number of nitrogen functional groups attached to an aromatic ring is 1. The van der Waals surface area contributed by atoms with Crippen molar-refractivity contribution in [1.29, 1.82) is 0 Å². The van der Waals surface area contributed by atoms with Gasteiger partial charge in [0.1, 0.15) is 5.82 Å². The fraction of sp³-hybridized carbons (Fsp3) is 0. The summed E-state index contributed by atoms with van der Waals surface area (Å²) in [4.78, 5) is 3.76. The van der Waals surface area contributed by atoms with Crippen LogP contribution in [0, 0.1) is 0 Å². The second-order valence-corrected chi connectivity index (χ2v) is 1.25. The Kier molecular flexibility index (Phi) is 6.56. The third-order valence-corrected chi connectivity index (χ3v) is 0.688. The standard InChI is InChI=1S/C5H6N2.ClH.H2O/c6-5-3-1-2-4-7-5;;/h1-4H,(H2,6,7);1H;1H2. The Morgan fingerprint density at radius 1 is 1.33 bits per heavy atom. The van der Waals surface area contributed by atoms with Gasteiger partial charge in [0.2, 0.25) is 0 Å². The van der Waals surface area contributed by atoms with E-state index in [1.54, 1.807) is 12.3 Å². The topological polar surface area (TPSA) is 70.4 Å². The summed E-state index contributed by atoms with van der Waals surface area (Å²) in [7, 11) is 0. The van der Waals surface area contributed by atoms with Crippen LogP contribution in [0.5, 0.6) is 0 Å². The average molecular weight is 149 g/mol. The van der Waals surface area contributed by atoms with Gasteiger partial charge < -0.3 is 11.2 Å². The monoisotopic (exact) mass is 148 g/mol. The van der Waals surface area contributed by atoms with Crippen LogP contribution >= 0.6 is 12.4 Å². The minimum Gasteiger partial charge on any atom is -0.412 e. The van der Waals surface area contributed by atoms with Gasteiger partial charge in [-0.3, -0.25) is 0 Å². The van der Waals surface area contributed by atoms with E-state index in [-0.39, 0.29) is 17.9 Å². The third kappa shape index (κ3) is 3.76. The molecule has 0 spiro atoms. The molecule has 9 heavy (non-hydrogen) atoms. The van der Waals surface area contributed by atoms with Crippen LogP contribution in [-0.4, -0.2) is 10.5 Å². The van der Waals surface area contributed by atoms with E-state index in [9.17, 15) is 0 Å². The van der Waals surface area contributed by atoms with Crippen LogP contribution in [0.3, 0.4) is 0 Å². The molecule has 0 aliphatic rings. The summed E-state index contributed by atoms with van der Waals surface area (Å²) < 4.78 is 0. The molecule has 0 unspecified atom stereocenters. The van der Waals surface area contributed by atoms with Crippen LogP contribution in [0.2, 0.25) is 0 Å². The van der Waals surface area contributed by atoms with Crippen molar-refractivity contribution in [2.24, 2.45) is 0 Å². The molecule has 1 aromatic rings. The second kappa shape index (κ2) is 5.34. The van der Waals surface area contributed by atoms with Crippen LogP contribution in [0.4, 0.5) is 5.82 Å². The van der Waals surface area contributed by atoms with Crippen molar-refractivity contribution in [3.63, 3.8) is 0 Å². The van der Waals surface area contributed by atoms with Crippen LogP contribution in [0.15, 0.2) is 24.4 Å². The first-order valence-corrected chi connectivity index (χ1v) is 2.06. The highest BCUT2D eigenvalue weighted by Crippen LogP contribution is 1.89. The van der Waals surface area contributed by atoms with Gasteiger partial charge in [-0.2, -0.15) is 0 Å². The molecule has 1 rings (SSSR count). The first kappa shape index (κ1) is 11.1. The molecule has 52 valence electrons. The van der Waals surface area contributed by atoms with E-state index in [2.05, 4.69) is 4.98 Å². The van der Waals surface area contributed by atoms with Crippen molar-refractivity contribution in [3.05, 3.63) is 24.4 Å². The van der Waals surface area contributed by atoms with Gasteiger partial charge in [-0.15, -0.1) is 12.4 Å². The van der Waals surface area contributed by atoms with Gasteiger partial charge >= 0.3 is 0 Å². The largest absolute Gasteiger partial charge is 0.412 e. The van der Waals surface area contributed by atoms with Gasteiger partial charge in [0, 0.05) is 6.20 Å².